The van der Waals surface area contributed by atoms with Gasteiger partial charge in [-0.15, -0.1) is 0 Å². The van der Waals surface area contributed by atoms with Crippen molar-refractivity contribution in [1.82, 2.24) is 5.32 Å². The van der Waals surface area contributed by atoms with E-state index in [0.29, 0.717) is 17.7 Å². The minimum Gasteiger partial charge on any atom is -0.508 e. The fourth-order valence-electron chi connectivity index (χ4n) is 2.86. The molecule has 2 aromatic carbocycles. The van der Waals surface area contributed by atoms with Crippen LogP contribution in [0, 0.1) is 0 Å². The molecule has 1 amide bonds. The molecule has 0 heterocycles. The number of carbonyl (C=O) groups excluding carboxylic acids is 1. The van der Waals surface area contributed by atoms with E-state index in [2.05, 4.69) is 5.32 Å². The maximum absolute atomic E-state index is 11.0. The van der Waals surface area contributed by atoms with Crippen LogP contribution in [0.15, 0.2) is 42.5 Å². The van der Waals surface area contributed by atoms with Crippen molar-refractivity contribution in [1.29, 1.82) is 0 Å². The van der Waals surface area contributed by atoms with E-state index in [1.807, 2.05) is 31.2 Å². The number of hydrogen-bond acceptors (Lipinski definition) is 5. The van der Waals surface area contributed by atoms with Crippen LogP contribution in [0.4, 0.5) is 0 Å². The molecule has 6 nitrogen and oxygen atoms in total. The predicted molar refractivity (Wildman–Crippen MR) is 99.5 cm³/mol. The molecule has 0 spiro atoms. The Hall–Kier alpha value is -2.41. The van der Waals surface area contributed by atoms with E-state index in [9.17, 15) is 20.1 Å². The first-order valence-corrected chi connectivity index (χ1v) is 8.59. The summed E-state index contributed by atoms with van der Waals surface area (Å²) in [5.74, 6) is -0.340. The van der Waals surface area contributed by atoms with Gasteiger partial charge >= 0.3 is 0 Å². The van der Waals surface area contributed by atoms with Crippen LogP contribution in [0.3, 0.4) is 0 Å². The summed E-state index contributed by atoms with van der Waals surface area (Å²) < 4.78 is 0. The molecule has 0 aliphatic carbocycles. The van der Waals surface area contributed by atoms with E-state index >= 15 is 0 Å². The van der Waals surface area contributed by atoms with Crippen LogP contribution in [-0.4, -0.2) is 33.8 Å². The van der Waals surface area contributed by atoms with Crippen LogP contribution < -0.4 is 11.1 Å². The molecule has 0 aliphatic rings. The van der Waals surface area contributed by atoms with Crippen LogP contribution in [0.5, 0.6) is 5.75 Å². The highest BCUT2D eigenvalue weighted by Gasteiger charge is 2.12. The lowest BCUT2D eigenvalue weighted by atomic mass is 10.0. The smallest absolute Gasteiger partial charge is 0.221 e. The van der Waals surface area contributed by atoms with Gasteiger partial charge in [0.25, 0.3) is 0 Å². The Morgan fingerprint density at radius 3 is 2.62 bits per heavy atom. The molecular weight excluding hydrogens is 332 g/mol. The van der Waals surface area contributed by atoms with Crippen molar-refractivity contribution in [2.24, 2.45) is 5.73 Å². The lowest BCUT2D eigenvalue weighted by Crippen LogP contribution is -2.32. The third-order valence-corrected chi connectivity index (χ3v) is 4.23. The summed E-state index contributed by atoms with van der Waals surface area (Å²) in [6, 6.07) is 12.6. The fourth-order valence-corrected chi connectivity index (χ4v) is 2.86. The standard InChI is InChI=1S/C20H26N2O4/c1-13(7-14-3-2-4-15(8-14)9-20(21)26)22-11-19(25)16-5-6-18(24)17(10-16)12-23/h2-6,8,10,13,19,22-25H,7,9,11-12H2,1H3,(H2,21,26). The van der Waals surface area contributed by atoms with Crippen molar-refractivity contribution < 1.29 is 20.1 Å². The van der Waals surface area contributed by atoms with Gasteiger partial charge in [0.05, 0.1) is 19.1 Å². The number of phenols is 1. The van der Waals surface area contributed by atoms with Gasteiger partial charge in [-0.25, -0.2) is 0 Å². The quantitative estimate of drug-likeness (QED) is 0.461. The number of nitrogens with one attached hydrogen (secondary N) is 1. The molecule has 6 N–H and O–H groups in total. The van der Waals surface area contributed by atoms with Gasteiger partial charge in [0.15, 0.2) is 0 Å². The second-order valence-electron chi connectivity index (χ2n) is 6.54. The largest absolute Gasteiger partial charge is 0.508 e. The monoisotopic (exact) mass is 358 g/mol. The second-order valence-corrected chi connectivity index (χ2v) is 6.54. The van der Waals surface area contributed by atoms with E-state index in [1.165, 1.54) is 6.07 Å². The van der Waals surface area contributed by atoms with Crippen molar-refractivity contribution in [2.45, 2.75) is 38.5 Å². The first kappa shape index (κ1) is 19.9. The van der Waals surface area contributed by atoms with E-state index in [0.717, 1.165) is 17.5 Å². The van der Waals surface area contributed by atoms with Crippen LogP contribution in [0.2, 0.25) is 0 Å². The molecule has 0 radical (unpaired) electrons. The van der Waals surface area contributed by atoms with Gasteiger partial charge in [0, 0.05) is 18.2 Å². The van der Waals surface area contributed by atoms with E-state index in [-0.39, 0.29) is 30.7 Å². The van der Waals surface area contributed by atoms with Gasteiger partial charge < -0.3 is 26.4 Å². The lowest BCUT2D eigenvalue weighted by molar-refractivity contribution is -0.117. The van der Waals surface area contributed by atoms with Gasteiger partial charge in [-0.1, -0.05) is 30.3 Å². The zero-order chi connectivity index (χ0) is 19.1. The Morgan fingerprint density at radius 2 is 1.92 bits per heavy atom. The van der Waals surface area contributed by atoms with Crippen molar-refractivity contribution in [3.8, 4) is 5.75 Å². The molecule has 26 heavy (non-hydrogen) atoms. The average Bonchev–Trinajstić information content (AvgIpc) is 2.59. The molecule has 2 aromatic rings. The van der Waals surface area contributed by atoms with Crippen LogP contribution in [0.1, 0.15) is 35.3 Å². The summed E-state index contributed by atoms with van der Waals surface area (Å²) in [4.78, 5) is 11.0. The highest BCUT2D eigenvalue weighted by atomic mass is 16.3. The number of amides is 1. The van der Waals surface area contributed by atoms with Gasteiger partial charge in [-0.2, -0.15) is 0 Å². The maximum Gasteiger partial charge on any atom is 0.221 e. The molecule has 2 unspecified atom stereocenters. The summed E-state index contributed by atoms with van der Waals surface area (Å²) in [6.07, 6.45) is 0.226. The Morgan fingerprint density at radius 1 is 1.19 bits per heavy atom. The topological polar surface area (TPSA) is 116 Å². The average molecular weight is 358 g/mol. The van der Waals surface area contributed by atoms with Crippen LogP contribution in [0.25, 0.3) is 0 Å². The number of aliphatic hydroxyl groups excluding tert-OH is 2. The highest BCUT2D eigenvalue weighted by molar-refractivity contribution is 5.76. The number of benzene rings is 2. The van der Waals surface area contributed by atoms with Crippen LogP contribution >= 0.6 is 0 Å². The molecule has 140 valence electrons. The lowest BCUT2D eigenvalue weighted by Gasteiger charge is -2.18. The number of aromatic hydroxyl groups is 1. The van der Waals surface area contributed by atoms with Gasteiger partial charge in [-0.05, 0) is 42.2 Å². The third-order valence-electron chi connectivity index (χ3n) is 4.23. The summed E-state index contributed by atoms with van der Waals surface area (Å²) in [6.45, 7) is 2.08. The van der Waals surface area contributed by atoms with Gasteiger partial charge in [0.2, 0.25) is 5.91 Å². The molecule has 6 heteroatoms. The van der Waals surface area contributed by atoms with Gasteiger partial charge in [-0.3, -0.25) is 4.79 Å². The minimum absolute atomic E-state index is 0.0145. The van der Waals surface area contributed by atoms with Crippen LogP contribution in [-0.2, 0) is 24.2 Å². The molecule has 0 saturated heterocycles. The second kappa shape index (κ2) is 9.33. The number of nitrogens with two attached hydrogens (primary N) is 1. The Bertz CT molecular complexity index is 748. The maximum atomic E-state index is 11.0. The van der Waals surface area contributed by atoms with Gasteiger partial charge in [0.1, 0.15) is 5.75 Å². The van der Waals surface area contributed by atoms with Crippen molar-refractivity contribution in [3.63, 3.8) is 0 Å². The number of rotatable bonds is 9. The molecule has 2 rings (SSSR count). The molecule has 0 aromatic heterocycles. The van der Waals surface area contributed by atoms with E-state index in [4.69, 9.17) is 5.73 Å². The normalized spacial score (nSPS) is 13.3. The zero-order valence-corrected chi connectivity index (χ0v) is 14.9. The Labute approximate surface area is 153 Å². The predicted octanol–water partition coefficient (Wildman–Crippen LogP) is 1.17. The fraction of sp³-hybridized carbons (Fsp3) is 0.350. The minimum atomic E-state index is -0.746. The molecule has 0 saturated carbocycles. The SMILES string of the molecule is CC(Cc1cccc(CC(N)=O)c1)NCC(O)c1ccc(O)c(CO)c1. The highest BCUT2D eigenvalue weighted by Crippen LogP contribution is 2.22. The first-order valence-electron chi connectivity index (χ1n) is 8.59. The number of aliphatic hydroxyl groups is 2. The summed E-state index contributed by atoms with van der Waals surface area (Å²) in [5.41, 5.74) is 8.24. The summed E-state index contributed by atoms with van der Waals surface area (Å²) in [5, 5.41) is 32.4. The zero-order valence-electron chi connectivity index (χ0n) is 14.9. The van der Waals surface area contributed by atoms with Crippen molar-refractivity contribution in [3.05, 3.63) is 64.7 Å². The first-order chi connectivity index (χ1) is 12.4. The third kappa shape index (κ3) is 5.84. The Balaban J connectivity index is 1.90. The number of primary amides is 1. The van der Waals surface area contributed by atoms with E-state index < -0.39 is 6.10 Å². The van der Waals surface area contributed by atoms with Crippen molar-refractivity contribution >= 4 is 5.91 Å². The molecule has 0 fully saturated rings. The molecular formula is C20H26N2O4. The summed E-state index contributed by atoms with van der Waals surface area (Å²) >= 11 is 0. The molecule has 0 bridgehead atoms. The number of carbonyl (C=O) groups is 1. The van der Waals surface area contributed by atoms with E-state index in [1.54, 1.807) is 12.1 Å². The summed E-state index contributed by atoms with van der Waals surface area (Å²) in [7, 11) is 0. The Kier molecular flexibility index (Phi) is 7.15. The molecule has 2 atom stereocenters. The molecule has 0 aliphatic heterocycles. The van der Waals surface area contributed by atoms with Crippen molar-refractivity contribution in [2.75, 3.05) is 6.54 Å². The number of hydrogen-bond donors (Lipinski definition) is 5.